The highest BCUT2D eigenvalue weighted by Gasteiger charge is 2.20. The van der Waals surface area contributed by atoms with Gasteiger partial charge in [-0.15, -0.1) is 0 Å². The van der Waals surface area contributed by atoms with Crippen molar-refractivity contribution in [1.29, 1.82) is 0 Å². The maximum atomic E-state index is 11.5. The minimum atomic E-state index is -3.77. The Morgan fingerprint density at radius 2 is 2.00 bits per heavy atom. The van der Waals surface area contributed by atoms with E-state index in [0.717, 1.165) is 16.3 Å². The summed E-state index contributed by atoms with van der Waals surface area (Å²) in [5, 5.41) is 5.18. The van der Waals surface area contributed by atoms with Crippen LogP contribution >= 0.6 is 0 Å². The molecule has 1 rings (SSSR count). The molecule has 5 nitrogen and oxygen atoms in total. The van der Waals surface area contributed by atoms with Gasteiger partial charge in [0, 0.05) is 6.54 Å². The van der Waals surface area contributed by atoms with Gasteiger partial charge in [-0.25, -0.2) is 5.14 Å². The van der Waals surface area contributed by atoms with Crippen LogP contribution in [0.2, 0.25) is 0 Å². The van der Waals surface area contributed by atoms with Crippen molar-refractivity contribution in [3.05, 3.63) is 23.8 Å². The molecule has 96 valence electrons. The number of aryl methyl sites for hydroxylation is 1. The van der Waals surface area contributed by atoms with Crippen molar-refractivity contribution in [2.45, 2.75) is 20.3 Å². The molecule has 0 aliphatic carbocycles. The van der Waals surface area contributed by atoms with E-state index in [2.05, 4.69) is 0 Å². The fourth-order valence-corrected chi connectivity index (χ4v) is 2.41. The van der Waals surface area contributed by atoms with Crippen LogP contribution in [0.25, 0.3) is 0 Å². The first-order valence-corrected chi connectivity index (χ1v) is 6.91. The Labute approximate surface area is 102 Å². The quantitative estimate of drug-likeness (QED) is 0.865. The molecular formula is C11H18N2O3S. The van der Waals surface area contributed by atoms with Crippen LogP contribution < -0.4 is 14.2 Å². The van der Waals surface area contributed by atoms with E-state index in [1.165, 1.54) is 7.11 Å². The maximum absolute atomic E-state index is 11.5. The summed E-state index contributed by atoms with van der Waals surface area (Å²) in [6, 6.07) is 5.44. The van der Waals surface area contributed by atoms with E-state index in [0.29, 0.717) is 11.4 Å². The van der Waals surface area contributed by atoms with Gasteiger partial charge in [0.25, 0.3) is 10.2 Å². The van der Waals surface area contributed by atoms with E-state index < -0.39 is 10.2 Å². The van der Waals surface area contributed by atoms with E-state index in [1.54, 1.807) is 19.1 Å². The number of methoxy groups -OCH3 is 1. The summed E-state index contributed by atoms with van der Waals surface area (Å²) >= 11 is 0. The first-order valence-electron chi connectivity index (χ1n) is 5.41. The Bertz CT molecular complexity index is 485. The fourth-order valence-electron chi connectivity index (χ4n) is 1.64. The number of nitrogens with zero attached hydrogens (tertiary/aromatic N) is 1. The van der Waals surface area contributed by atoms with Crippen LogP contribution in [0.15, 0.2) is 18.2 Å². The van der Waals surface area contributed by atoms with Gasteiger partial charge in [0.2, 0.25) is 0 Å². The molecule has 0 fully saturated rings. The molecule has 1 aromatic rings. The van der Waals surface area contributed by atoms with E-state index >= 15 is 0 Å². The summed E-state index contributed by atoms with van der Waals surface area (Å²) in [6.45, 7) is 3.99. The molecule has 0 aliphatic heterocycles. The predicted molar refractivity (Wildman–Crippen MR) is 68.5 cm³/mol. The molecule has 1 aromatic carbocycles. The minimum absolute atomic E-state index is 0.266. The summed E-state index contributed by atoms with van der Waals surface area (Å²) in [7, 11) is -2.27. The van der Waals surface area contributed by atoms with Gasteiger partial charge < -0.3 is 4.74 Å². The van der Waals surface area contributed by atoms with Gasteiger partial charge in [0.1, 0.15) is 5.75 Å². The van der Waals surface area contributed by atoms with Crippen LogP contribution in [0.4, 0.5) is 5.69 Å². The van der Waals surface area contributed by atoms with Crippen molar-refractivity contribution in [2.75, 3.05) is 18.0 Å². The number of hydrogen-bond donors (Lipinski definition) is 1. The monoisotopic (exact) mass is 258 g/mol. The van der Waals surface area contributed by atoms with Crippen LogP contribution in [0.5, 0.6) is 5.75 Å². The van der Waals surface area contributed by atoms with Crippen molar-refractivity contribution >= 4 is 15.9 Å². The highest BCUT2D eigenvalue weighted by molar-refractivity contribution is 7.90. The second-order valence-electron chi connectivity index (χ2n) is 3.57. The molecule has 6 heteroatoms. The fraction of sp³-hybridized carbons (Fsp3) is 0.455. The zero-order chi connectivity index (χ0) is 13.1. The third-order valence-corrected chi connectivity index (χ3v) is 3.58. The van der Waals surface area contributed by atoms with E-state index in [1.807, 2.05) is 13.0 Å². The average Bonchev–Trinajstić information content (AvgIpc) is 2.28. The average molecular weight is 258 g/mol. The molecule has 0 radical (unpaired) electrons. The Hall–Kier alpha value is -1.27. The summed E-state index contributed by atoms with van der Waals surface area (Å²) in [5.41, 5.74) is 1.51. The predicted octanol–water partition coefficient (Wildman–Crippen LogP) is 1.29. The lowest BCUT2D eigenvalue weighted by Crippen LogP contribution is -2.36. The summed E-state index contributed by atoms with van der Waals surface area (Å²) in [5.74, 6) is 0.498. The number of benzene rings is 1. The van der Waals surface area contributed by atoms with Gasteiger partial charge in [-0.05, 0) is 31.0 Å². The lowest BCUT2D eigenvalue weighted by Gasteiger charge is -2.22. The molecule has 0 unspecified atom stereocenters. The number of rotatable bonds is 5. The SMILES string of the molecule is CCc1ccc(OC)c(N(CC)S(N)(=O)=O)c1. The largest absolute Gasteiger partial charge is 0.495 e. The summed E-state index contributed by atoms with van der Waals surface area (Å²) < 4.78 is 29.2. The minimum Gasteiger partial charge on any atom is -0.495 e. The molecule has 0 aliphatic rings. The normalized spacial score (nSPS) is 11.3. The lowest BCUT2D eigenvalue weighted by molar-refractivity contribution is 0.415. The van der Waals surface area contributed by atoms with Gasteiger partial charge in [-0.2, -0.15) is 8.42 Å². The standard InChI is InChI=1S/C11H18N2O3S/c1-4-9-6-7-11(16-3)10(8-9)13(5-2)17(12,14)15/h6-8H,4-5H2,1-3H3,(H2,12,14,15). The second-order valence-corrected chi connectivity index (χ2v) is 5.04. The van der Waals surface area contributed by atoms with Crippen molar-refractivity contribution in [3.63, 3.8) is 0 Å². The van der Waals surface area contributed by atoms with Crippen LogP contribution in [0.3, 0.4) is 0 Å². The van der Waals surface area contributed by atoms with Gasteiger partial charge in [-0.1, -0.05) is 13.0 Å². The van der Waals surface area contributed by atoms with Gasteiger partial charge in [0.15, 0.2) is 0 Å². The number of ether oxygens (including phenoxy) is 1. The van der Waals surface area contributed by atoms with Crippen molar-refractivity contribution in [1.82, 2.24) is 0 Å². The Kier molecular flexibility index (Phi) is 4.36. The first kappa shape index (κ1) is 13.8. The van der Waals surface area contributed by atoms with Crippen LogP contribution in [0, 0.1) is 0 Å². The van der Waals surface area contributed by atoms with Crippen molar-refractivity contribution < 1.29 is 13.2 Å². The number of anilines is 1. The number of hydrogen-bond acceptors (Lipinski definition) is 3. The molecule has 0 heterocycles. The second kappa shape index (κ2) is 5.37. The van der Waals surface area contributed by atoms with E-state index in [4.69, 9.17) is 9.88 Å². The van der Waals surface area contributed by atoms with Gasteiger partial charge >= 0.3 is 0 Å². The first-order chi connectivity index (χ1) is 7.93. The van der Waals surface area contributed by atoms with E-state index in [9.17, 15) is 8.42 Å². The van der Waals surface area contributed by atoms with Gasteiger partial charge in [0.05, 0.1) is 12.8 Å². The molecule has 0 bridgehead atoms. The van der Waals surface area contributed by atoms with E-state index in [-0.39, 0.29) is 6.54 Å². The molecule has 0 atom stereocenters. The number of nitrogens with two attached hydrogens (primary N) is 1. The third-order valence-electron chi connectivity index (χ3n) is 2.51. The van der Waals surface area contributed by atoms with Crippen LogP contribution in [-0.2, 0) is 16.6 Å². The third kappa shape index (κ3) is 3.10. The molecule has 2 N–H and O–H groups in total. The van der Waals surface area contributed by atoms with Crippen LogP contribution in [0.1, 0.15) is 19.4 Å². The van der Waals surface area contributed by atoms with Crippen LogP contribution in [-0.4, -0.2) is 22.1 Å². The highest BCUT2D eigenvalue weighted by Crippen LogP contribution is 2.30. The Morgan fingerprint density at radius 3 is 2.41 bits per heavy atom. The maximum Gasteiger partial charge on any atom is 0.299 e. The Morgan fingerprint density at radius 1 is 1.35 bits per heavy atom. The van der Waals surface area contributed by atoms with Gasteiger partial charge in [-0.3, -0.25) is 4.31 Å². The summed E-state index contributed by atoms with van der Waals surface area (Å²) in [6.07, 6.45) is 0.819. The lowest BCUT2D eigenvalue weighted by atomic mass is 10.1. The summed E-state index contributed by atoms with van der Waals surface area (Å²) in [4.78, 5) is 0. The Balaban J connectivity index is 3.35. The molecule has 0 aromatic heterocycles. The molecule has 0 amide bonds. The van der Waals surface area contributed by atoms with Crippen molar-refractivity contribution in [2.24, 2.45) is 5.14 Å². The zero-order valence-corrected chi connectivity index (χ0v) is 11.1. The topological polar surface area (TPSA) is 72.6 Å². The molecule has 17 heavy (non-hydrogen) atoms. The smallest absolute Gasteiger partial charge is 0.299 e. The molecule has 0 saturated heterocycles. The molecule has 0 saturated carbocycles. The molecule has 0 spiro atoms. The highest BCUT2D eigenvalue weighted by atomic mass is 32.2. The van der Waals surface area contributed by atoms with Crippen molar-refractivity contribution in [3.8, 4) is 5.75 Å². The zero-order valence-electron chi connectivity index (χ0n) is 10.3. The molecular weight excluding hydrogens is 240 g/mol.